The van der Waals surface area contributed by atoms with E-state index in [1.54, 1.807) is 12.1 Å². The van der Waals surface area contributed by atoms with Crippen LogP contribution in [0.2, 0.25) is 0 Å². The molecule has 2 rings (SSSR count). The molecule has 0 saturated heterocycles. The summed E-state index contributed by atoms with van der Waals surface area (Å²) < 4.78 is 17.6. The fraction of sp³-hybridized carbons (Fsp3) is 0.200. The van der Waals surface area contributed by atoms with E-state index in [4.69, 9.17) is 10.5 Å². The monoisotopic (exact) mass is 275 g/mol. The molecule has 2 N–H and O–H groups in total. The Bertz CT molecular complexity index is 570. The number of benzene rings is 2. The fourth-order valence-electron chi connectivity index (χ4n) is 1.73. The highest BCUT2D eigenvalue weighted by atomic mass is 32.2. The van der Waals surface area contributed by atoms with Gasteiger partial charge in [0.1, 0.15) is 5.94 Å². The molecule has 1 atom stereocenters. The number of nitrogens with two attached hydrogens (primary N) is 1. The second-order valence-electron chi connectivity index (χ2n) is 4.32. The van der Waals surface area contributed by atoms with Crippen molar-refractivity contribution in [2.24, 2.45) is 0 Å². The summed E-state index contributed by atoms with van der Waals surface area (Å²) in [7, 11) is -1.18. The minimum Gasteiger partial charge on any atom is -0.399 e. The van der Waals surface area contributed by atoms with Crippen LogP contribution in [0.4, 0.5) is 5.69 Å². The van der Waals surface area contributed by atoms with E-state index in [0.717, 1.165) is 16.0 Å². The number of rotatable bonds is 5. The summed E-state index contributed by atoms with van der Waals surface area (Å²) in [5.41, 5.74) is 8.37. The van der Waals surface area contributed by atoms with Gasteiger partial charge >= 0.3 is 0 Å². The molecule has 4 heteroatoms. The maximum Gasteiger partial charge on any atom is 0.127 e. The minimum atomic E-state index is -1.18. The van der Waals surface area contributed by atoms with Crippen molar-refractivity contribution >= 4 is 16.5 Å². The third kappa shape index (κ3) is 3.91. The molecule has 0 heterocycles. The normalized spacial score (nSPS) is 12.3. The first-order valence-electron chi connectivity index (χ1n) is 6.03. The molecule has 0 aliphatic rings. The van der Waals surface area contributed by atoms with E-state index < -0.39 is 10.8 Å². The van der Waals surface area contributed by atoms with Crippen LogP contribution in [0.3, 0.4) is 0 Å². The van der Waals surface area contributed by atoms with E-state index in [1.807, 2.05) is 43.3 Å². The number of hydrogen-bond acceptors (Lipinski definition) is 3. The number of aryl methyl sites for hydroxylation is 1. The van der Waals surface area contributed by atoms with Crippen LogP contribution in [-0.4, -0.2) is 10.1 Å². The topological polar surface area (TPSA) is 52.3 Å². The zero-order valence-corrected chi connectivity index (χ0v) is 11.7. The third-order valence-corrected chi connectivity index (χ3v) is 4.07. The van der Waals surface area contributed by atoms with E-state index in [9.17, 15) is 4.21 Å². The molecule has 0 amide bonds. The predicted octanol–water partition coefficient (Wildman–Crippen LogP) is 2.86. The summed E-state index contributed by atoms with van der Waals surface area (Å²) in [6, 6.07) is 15.3. The Hall–Kier alpha value is -1.65. The zero-order valence-electron chi connectivity index (χ0n) is 10.8. The van der Waals surface area contributed by atoms with Crippen LogP contribution >= 0.6 is 0 Å². The Balaban J connectivity index is 1.93. The van der Waals surface area contributed by atoms with Crippen LogP contribution in [0, 0.1) is 6.92 Å². The van der Waals surface area contributed by atoms with Crippen molar-refractivity contribution in [3.05, 3.63) is 59.7 Å². The molecule has 1 unspecified atom stereocenters. The van der Waals surface area contributed by atoms with E-state index in [2.05, 4.69) is 0 Å². The average molecular weight is 275 g/mol. The largest absolute Gasteiger partial charge is 0.399 e. The molecule has 2 aromatic carbocycles. The van der Waals surface area contributed by atoms with Gasteiger partial charge in [0.05, 0.1) is 17.4 Å². The smallest absolute Gasteiger partial charge is 0.127 e. The first kappa shape index (κ1) is 13.8. The van der Waals surface area contributed by atoms with Gasteiger partial charge in [0.15, 0.2) is 0 Å². The summed E-state index contributed by atoms with van der Waals surface area (Å²) in [6.07, 6.45) is 0. The van der Waals surface area contributed by atoms with Gasteiger partial charge in [-0.2, -0.15) is 0 Å². The second kappa shape index (κ2) is 6.50. The summed E-state index contributed by atoms with van der Waals surface area (Å²) in [4.78, 5) is 0.744. The number of ether oxygens (including phenoxy) is 1. The molecule has 0 bridgehead atoms. The number of anilines is 1. The van der Waals surface area contributed by atoms with E-state index in [-0.39, 0.29) is 5.94 Å². The van der Waals surface area contributed by atoms with E-state index >= 15 is 0 Å². The first-order valence-corrected chi connectivity index (χ1v) is 7.35. The van der Waals surface area contributed by atoms with Gasteiger partial charge in [-0.05, 0) is 30.2 Å². The van der Waals surface area contributed by atoms with Crippen LogP contribution in [0.1, 0.15) is 11.1 Å². The molecule has 0 aromatic heterocycles. The van der Waals surface area contributed by atoms with Crippen LogP contribution < -0.4 is 5.73 Å². The number of nitrogen functional groups attached to an aromatic ring is 1. The molecule has 0 radical (unpaired) electrons. The standard InChI is InChI=1S/C15H17NO2S/c1-12-7-8-14(16)9-15(12)19(17)11-18-10-13-5-3-2-4-6-13/h2-9H,10-11,16H2,1H3. The van der Waals surface area contributed by atoms with Crippen LogP contribution in [0.5, 0.6) is 0 Å². The van der Waals surface area contributed by atoms with E-state index in [1.165, 1.54) is 0 Å². The van der Waals surface area contributed by atoms with Crippen molar-refractivity contribution in [3.63, 3.8) is 0 Å². The lowest BCUT2D eigenvalue weighted by Crippen LogP contribution is -2.05. The van der Waals surface area contributed by atoms with Gasteiger partial charge in [0.25, 0.3) is 0 Å². The molecule has 19 heavy (non-hydrogen) atoms. The van der Waals surface area contributed by atoms with Crippen molar-refractivity contribution in [1.29, 1.82) is 0 Å². The number of hydrogen-bond donors (Lipinski definition) is 1. The Morgan fingerprint density at radius 1 is 1.16 bits per heavy atom. The van der Waals surface area contributed by atoms with Crippen LogP contribution in [0.15, 0.2) is 53.4 Å². The lowest BCUT2D eigenvalue weighted by molar-refractivity contribution is 0.166. The summed E-state index contributed by atoms with van der Waals surface area (Å²) in [6.45, 7) is 2.39. The molecule has 0 saturated carbocycles. The quantitative estimate of drug-likeness (QED) is 0.854. The van der Waals surface area contributed by atoms with E-state index in [0.29, 0.717) is 12.3 Å². The summed E-state index contributed by atoms with van der Waals surface area (Å²) >= 11 is 0. The zero-order chi connectivity index (χ0) is 13.7. The molecule has 0 spiro atoms. The Morgan fingerprint density at radius 3 is 2.63 bits per heavy atom. The van der Waals surface area contributed by atoms with Crippen LogP contribution in [0.25, 0.3) is 0 Å². The van der Waals surface area contributed by atoms with Gasteiger partial charge in [0.2, 0.25) is 0 Å². The van der Waals surface area contributed by atoms with Gasteiger partial charge in [-0.3, -0.25) is 4.21 Å². The molecule has 0 aliphatic heterocycles. The maximum atomic E-state index is 12.1. The summed E-state index contributed by atoms with van der Waals surface area (Å²) in [5.74, 6) is 0.180. The summed E-state index contributed by atoms with van der Waals surface area (Å²) in [5, 5.41) is 0. The fourth-order valence-corrected chi connectivity index (χ4v) is 2.79. The SMILES string of the molecule is Cc1ccc(N)cc1S(=O)COCc1ccccc1. The molecule has 3 nitrogen and oxygen atoms in total. The average Bonchev–Trinajstić information content (AvgIpc) is 2.42. The van der Waals surface area contributed by atoms with Gasteiger partial charge in [-0.25, -0.2) is 0 Å². The van der Waals surface area contributed by atoms with Gasteiger partial charge in [-0.1, -0.05) is 36.4 Å². The maximum absolute atomic E-state index is 12.1. The Labute approximate surface area is 115 Å². The minimum absolute atomic E-state index is 0.180. The predicted molar refractivity (Wildman–Crippen MR) is 78.1 cm³/mol. The highest BCUT2D eigenvalue weighted by Crippen LogP contribution is 2.17. The third-order valence-electron chi connectivity index (χ3n) is 2.76. The second-order valence-corrected chi connectivity index (χ2v) is 5.69. The van der Waals surface area contributed by atoms with Gasteiger partial charge in [0, 0.05) is 10.6 Å². The van der Waals surface area contributed by atoms with Crippen molar-refractivity contribution in [2.45, 2.75) is 18.4 Å². The van der Waals surface area contributed by atoms with Crippen molar-refractivity contribution in [3.8, 4) is 0 Å². The molecule has 2 aromatic rings. The first-order chi connectivity index (χ1) is 9.16. The molecule has 0 aliphatic carbocycles. The Kier molecular flexibility index (Phi) is 4.71. The molecular formula is C15H17NO2S. The highest BCUT2D eigenvalue weighted by Gasteiger charge is 2.08. The van der Waals surface area contributed by atoms with Crippen molar-refractivity contribution in [1.82, 2.24) is 0 Å². The lowest BCUT2D eigenvalue weighted by Gasteiger charge is -2.08. The van der Waals surface area contributed by atoms with Gasteiger partial charge in [-0.15, -0.1) is 0 Å². The molecule has 0 fully saturated rings. The Morgan fingerprint density at radius 2 is 1.89 bits per heavy atom. The van der Waals surface area contributed by atoms with Crippen molar-refractivity contribution < 1.29 is 8.95 Å². The highest BCUT2D eigenvalue weighted by molar-refractivity contribution is 7.84. The van der Waals surface area contributed by atoms with Gasteiger partial charge < -0.3 is 10.5 Å². The molecular weight excluding hydrogens is 258 g/mol. The van der Waals surface area contributed by atoms with Crippen LogP contribution in [-0.2, 0) is 22.1 Å². The molecule has 100 valence electrons. The van der Waals surface area contributed by atoms with Crippen molar-refractivity contribution in [2.75, 3.05) is 11.7 Å². The lowest BCUT2D eigenvalue weighted by atomic mass is 10.2.